The van der Waals surface area contributed by atoms with E-state index in [1.54, 1.807) is 0 Å². The first-order valence-corrected chi connectivity index (χ1v) is 10.9. The minimum absolute atomic E-state index is 0. The van der Waals surface area contributed by atoms with Crippen molar-refractivity contribution in [3.63, 3.8) is 0 Å². The molecule has 2 aliphatic rings. The molecule has 1 atom stereocenters. The van der Waals surface area contributed by atoms with E-state index in [0.29, 0.717) is 6.04 Å². The molecule has 0 spiro atoms. The first-order chi connectivity index (χ1) is 14.9. The predicted molar refractivity (Wildman–Crippen MR) is 134 cm³/mol. The molecule has 0 aromatic heterocycles. The molecular weight excluding hydrogens is 443 g/mol. The lowest BCUT2D eigenvalue weighted by Gasteiger charge is -2.35. The third-order valence-corrected chi connectivity index (χ3v) is 5.86. The Kier molecular flexibility index (Phi) is 8.83. The van der Waals surface area contributed by atoms with Crippen LogP contribution in [0.5, 0.6) is 23.0 Å². The van der Waals surface area contributed by atoms with Gasteiger partial charge in [-0.15, -0.1) is 24.8 Å². The number of nitrogens with one attached hydrogen (secondary N) is 1. The number of piperazine rings is 1. The van der Waals surface area contributed by atoms with Crippen molar-refractivity contribution in [1.29, 1.82) is 0 Å². The summed E-state index contributed by atoms with van der Waals surface area (Å²) in [5.74, 6) is 3.88. The van der Waals surface area contributed by atoms with Crippen molar-refractivity contribution in [2.75, 3.05) is 26.2 Å². The Bertz CT molecular complexity index is 962. The summed E-state index contributed by atoms with van der Waals surface area (Å²) in [5, 5.41) is 3.47. The number of rotatable bonds is 7. The average Bonchev–Trinajstić information content (AvgIpc) is 3.63. The summed E-state index contributed by atoms with van der Waals surface area (Å²) in [6.45, 7) is 4.31. The van der Waals surface area contributed by atoms with Crippen LogP contribution < -0.4 is 14.8 Å². The first-order valence-electron chi connectivity index (χ1n) is 10.9. The van der Waals surface area contributed by atoms with E-state index in [9.17, 15) is 0 Å². The second-order valence-electron chi connectivity index (χ2n) is 8.10. The lowest BCUT2D eigenvalue weighted by molar-refractivity contribution is 0.156. The summed E-state index contributed by atoms with van der Waals surface area (Å²) >= 11 is 0. The monoisotopic (exact) mass is 472 g/mol. The molecule has 4 nitrogen and oxygen atoms in total. The Morgan fingerprint density at radius 1 is 0.719 bits per heavy atom. The SMILES string of the molecule is Cl.Cl.c1ccc(Oc2ccc([C@H](C3CC3)N3CCNCC3)cc2Oc2ccccc2)cc1. The number of para-hydroxylation sites is 2. The normalized spacial score (nSPS) is 16.9. The second-order valence-corrected chi connectivity index (χ2v) is 8.10. The van der Waals surface area contributed by atoms with Gasteiger partial charge in [0.05, 0.1) is 0 Å². The third kappa shape index (κ3) is 5.96. The predicted octanol–water partition coefficient (Wildman–Crippen LogP) is 6.47. The van der Waals surface area contributed by atoms with Gasteiger partial charge in [-0.1, -0.05) is 42.5 Å². The number of hydrogen-bond donors (Lipinski definition) is 1. The molecule has 5 rings (SSSR count). The summed E-state index contributed by atoms with van der Waals surface area (Å²) in [7, 11) is 0. The minimum Gasteiger partial charge on any atom is -0.453 e. The Hall–Kier alpha value is -2.24. The van der Waals surface area contributed by atoms with Crippen molar-refractivity contribution < 1.29 is 9.47 Å². The molecule has 1 N–H and O–H groups in total. The molecule has 0 radical (unpaired) electrons. The van der Waals surface area contributed by atoms with Crippen LogP contribution in [0.4, 0.5) is 0 Å². The highest BCUT2D eigenvalue weighted by molar-refractivity contribution is 5.85. The number of ether oxygens (including phenoxy) is 2. The van der Waals surface area contributed by atoms with Gasteiger partial charge in [-0.05, 0) is 60.7 Å². The fourth-order valence-electron chi connectivity index (χ4n) is 4.26. The van der Waals surface area contributed by atoms with Crippen LogP contribution in [0.15, 0.2) is 78.9 Å². The fraction of sp³-hybridized carbons (Fsp3) is 0.308. The van der Waals surface area contributed by atoms with Crippen molar-refractivity contribution >= 4 is 24.8 Å². The molecule has 0 amide bonds. The summed E-state index contributed by atoms with van der Waals surface area (Å²) in [4.78, 5) is 2.63. The highest BCUT2D eigenvalue weighted by Gasteiger charge is 2.37. The van der Waals surface area contributed by atoms with Gasteiger partial charge < -0.3 is 14.8 Å². The topological polar surface area (TPSA) is 33.7 Å². The Morgan fingerprint density at radius 3 is 1.84 bits per heavy atom. The minimum atomic E-state index is 0. The largest absolute Gasteiger partial charge is 0.453 e. The van der Waals surface area contributed by atoms with Gasteiger partial charge in [0.15, 0.2) is 11.5 Å². The fourth-order valence-corrected chi connectivity index (χ4v) is 4.26. The van der Waals surface area contributed by atoms with Crippen LogP contribution in [0.3, 0.4) is 0 Å². The van der Waals surface area contributed by atoms with E-state index in [1.165, 1.54) is 18.4 Å². The summed E-state index contributed by atoms with van der Waals surface area (Å²) in [5.41, 5.74) is 1.32. The van der Waals surface area contributed by atoms with Gasteiger partial charge in [-0.25, -0.2) is 0 Å². The molecule has 0 bridgehead atoms. The van der Waals surface area contributed by atoms with Crippen LogP contribution in [-0.2, 0) is 0 Å². The summed E-state index contributed by atoms with van der Waals surface area (Å²) < 4.78 is 12.5. The number of halogens is 2. The highest BCUT2D eigenvalue weighted by atomic mass is 35.5. The Morgan fingerprint density at radius 2 is 1.28 bits per heavy atom. The van der Waals surface area contributed by atoms with Crippen molar-refractivity contribution in [3.8, 4) is 23.0 Å². The van der Waals surface area contributed by atoms with Crippen LogP contribution in [0, 0.1) is 5.92 Å². The third-order valence-electron chi connectivity index (χ3n) is 5.86. The van der Waals surface area contributed by atoms with E-state index in [4.69, 9.17) is 9.47 Å². The van der Waals surface area contributed by atoms with Gasteiger partial charge >= 0.3 is 0 Å². The maximum Gasteiger partial charge on any atom is 0.170 e. The molecule has 1 aliphatic carbocycles. The molecule has 1 saturated heterocycles. The second kappa shape index (κ2) is 11.6. The molecule has 32 heavy (non-hydrogen) atoms. The van der Waals surface area contributed by atoms with E-state index in [2.05, 4.69) is 28.4 Å². The van der Waals surface area contributed by atoms with Crippen LogP contribution in [0.2, 0.25) is 0 Å². The van der Waals surface area contributed by atoms with Crippen molar-refractivity contribution in [1.82, 2.24) is 10.2 Å². The first kappa shape index (κ1) is 24.4. The summed E-state index contributed by atoms with van der Waals surface area (Å²) in [6.07, 6.45) is 2.62. The molecule has 6 heteroatoms. The zero-order chi connectivity index (χ0) is 20.2. The molecule has 0 unspecified atom stereocenters. The molecule has 3 aromatic carbocycles. The maximum absolute atomic E-state index is 6.30. The Balaban J connectivity index is 0.00000144. The molecule has 1 aliphatic heterocycles. The van der Waals surface area contributed by atoms with Gasteiger partial charge in [0.1, 0.15) is 11.5 Å². The van der Waals surface area contributed by atoms with Crippen molar-refractivity contribution in [2.45, 2.75) is 18.9 Å². The zero-order valence-corrected chi connectivity index (χ0v) is 19.6. The van der Waals surface area contributed by atoms with Gasteiger partial charge in [0.25, 0.3) is 0 Å². The smallest absolute Gasteiger partial charge is 0.170 e. The van der Waals surface area contributed by atoms with Crippen LogP contribution in [0.25, 0.3) is 0 Å². The number of nitrogens with zero attached hydrogens (tertiary/aromatic N) is 1. The molecule has 2 fully saturated rings. The van der Waals surface area contributed by atoms with Crippen LogP contribution >= 0.6 is 24.8 Å². The van der Waals surface area contributed by atoms with E-state index in [0.717, 1.165) is 55.1 Å². The van der Waals surface area contributed by atoms with E-state index >= 15 is 0 Å². The number of benzene rings is 3. The van der Waals surface area contributed by atoms with E-state index in [1.807, 2.05) is 60.7 Å². The molecule has 3 aromatic rings. The zero-order valence-electron chi connectivity index (χ0n) is 18.0. The van der Waals surface area contributed by atoms with E-state index in [-0.39, 0.29) is 24.8 Å². The van der Waals surface area contributed by atoms with Crippen LogP contribution in [0.1, 0.15) is 24.4 Å². The lowest BCUT2D eigenvalue weighted by Crippen LogP contribution is -2.45. The molecule has 170 valence electrons. The average molecular weight is 473 g/mol. The molecule has 1 saturated carbocycles. The van der Waals surface area contributed by atoms with Gasteiger partial charge in [-0.2, -0.15) is 0 Å². The van der Waals surface area contributed by atoms with Gasteiger partial charge in [-0.3, -0.25) is 4.90 Å². The highest BCUT2D eigenvalue weighted by Crippen LogP contribution is 2.47. The lowest BCUT2D eigenvalue weighted by atomic mass is 9.99. The number of hydrogen-bond acceptors (Lipinski definition) is 4. The molecule has 1 heterocycles. The van der Waals surface area contributed by atoms with Gasteiger partial charge in [0.2, 0.25) is 0 Å². The van der Waals surface area contributed by atoms with Gasteiger partial charge in [0, 0.05) is 32.2 Å². The standard InChI is InChI=1S/C26H28N2O2.2ClH/c1-3-7-22(8-4-1)29-24-14-13-21(19-25(24)30-23-9-5-2-6-10-23)26(20-11-12-20)28-17-15-27-16-18-28;;/h1-10,13-14,19-20,26-27H,11-12,15-18H2;2*1H/t26-;;/m0../s1. The molecular formula is C26H30Cl2N2O2. The maximum atomic E-state index is 6.30. The van der Waals surface area contributed by atoms with Crippen molar-refractivity contribution in [2.24, 2.45) is 5.92 Å². The van der Waals surface area contributed by atoms with Crippen molar-refractivity contribution in [3.05, 3.63) is 84.4 Å². The van der Waals surface area contributed by atoms with E-state index < -0.39 is 0 Å². The Labute approximate surface area is 202 Å². The van der Waals surface area contributed by atoms with Crippen LogP contribution in [-0.4, -0.2) is 31.1 Å². The quantitative estimate of drug-likeness (QED) is 0.427. The summed E-state index contributed by atoms with van der Waals surface area (Å²) in [6, 6.07) is 26.8.